The highest BCUT2D eigenvalue weighted by Crippen LogP contribution is 2.20. The molecule has 1 aliphatic rings. The van der Waals surface area contributed by atoms with E-state index < -0.39 is 0 Å². The van der Waals surface area contributed by atoms with E-state index in [2.05, 4.69) is 16.9 Å². The van der Waals surface area contributed by atoms with Crippen LogP contribution in [0.1, 0.15) is 22.5 Å². The molecular weight excluding hydrogens is 176 g/mol. The van der Waals surface area contributed by atoms with Crippen LogP contribution in [0.5, 0.6) is 0 Å². The van der Waals surface area contributed by atoms with E-state index in [-0.39, 0.29) is 18.2 Å². The lowest BCUT2D eigenvalue weighted by Gasteiger charge is -2.31. The fraction of sp³-hybridized carbons (Fsp3) is 0.600. The van der Waals surface area contributed by atoms with E-state index in [1.165, 1.54) is 0 Å². The molecule has 0 spiro atoms. The van der Waals surface area contributed by atoms with Gasteiger partial charge in [-0.05, 0) is 24.8 Å². The van der Waals surface area contributed by atoms with Crippen LogP contribution in [0.4, 0.5) is 11.8 Å². The molecule has 1 aliphatic heterocycles. The predicted octanol–water partition coefficient (Wildman–Crippen LogP) is 1.30. The summed E-state index contributed by atoms with van der Waals surface area (Å²) in [4.78, 5) is 9.76. The number of hydrogen-bond donors (Lipinski definition) is 1. The van der Waals surface area contributed by atoms with Crippen LogP contribution in [0.25, 0.3) is 0 Å². The summed E-state index contributed by atoms with van der Waals surface area (Å²) in [5.74, 6) is 1.30. The Balaban J connectivity index is 2.26. The van der Waals surface area contributed by atoms with Crippen molar-refractivity contribution in [2.45, 2.75) is 19.8 Å². The quantitative estimate of drug-likeness (QED) is 0.732. The predicted molar refractivity (Wildman–Crippen MR) is 57.1 cm³/mol. The zero-order valence-corrected chi connectivity index (χ0v) is 8.32. The molecule has 1 aromatic heterocycles. The van der Waals surface area contributed by atoms with E-state index in [0.29, 0.717) is 5.82 Å². The molecule has 4 heteroatoms. The fourth-order valence-electron chi connectivity index (χ4n) is 1.67. The van der Waals surface area contributed by atoms with Crippen LogP contribution in [0.3, 0.4) is 0 Å². The summed E-state index contributed by atoms with van der Waals surface area (Å²) in [7, 11) is 0. The van der Waals surface area contributed by atoms with Gasteiger partial charge in [-0.3, -0.25) is 0 Å². The normalized spacial score (nSPS) is 20.5. The number of nitrogens with zero attached hydrogens (tertiary/aromatic N) is 3. The summed E-state index contributed by atoms with van der Waals surface area (Å²) in [6.07, 6.45) is 2.09. The lowest BCUT2D eigenvalue weighted by Crippen LogP contribution is -2.33. The third-order valence-electron chi connectivity index (χ3n) is 2.64. The summed E-state index contributed by atoms with van der Waals surface area (Å²) in [6.45, 7) is 3.98. The standard InChI is InChI=1S/C10H16N4/c1-8-3-6-14(7-4-8)9-2-5-12-10(11)13-9/h2,5,8H,3-4,6-7H2,1H3,(H2,11,12,13)/i2D,5D. The molecule has 0 aromatic carbocycles. The number of anilines is 2. The first-order valence-electron chi connectivity index (χ1n) is 5.93. The van der Waals surface area contributed by atoms with Gasteiger partial charge in [0, 0.05) is 19.3 Å². The second-order valence-electron chi connectivity index (χ2n) is 3.81. The van der Waals surface area contributed by atoms with Gasteiger partial charge in [-0.15, -0.1) is 0 Å². The van der Waals surface area contributed by atoms with E-state index in [4.69, 9.17) is 8.48 Å². The molecule has 0 amide bonds. The van der Waals surface area contributed by atoms with Crippen molar-refractivity contribution in [2.24, 2.45) is 5.92 Å². The molecule has 2 rings (SSSR count). The first-order valence-corrected chi connectivity index (χ1v) is 4.93. The van der Waals surface area contributed by atoms with Gasteiger partial charge in [-0.1, -0.05) is 6.92 Å². The zero-order valence-electron chi connectivity index (χ0n) is 10.3. The molecule has 14 heavy (non-hydrogen) atoms. The minimum absolute atomic E-state index is 0.0729. The van der Waals surface area contributed by atoms with Crippen molar-refractivity contribution in [1.29, 1.82) is 0 Å². The van der Waals surface area contributed by atoms with Crippen molar-refractivity contribution in [1.82, 2.24) is 9.97 Å². The average Bonchev–Trinajstić information content (AvgIpc) is 2.25. The summed E-state index contributed by atoms with van der Waals surface area (Å²) in [5, 5.41) is 0. The van der Waals surface area contributed by atoms with Gasteiger partial charge in [0.2, 0.25) is 5.95 Å². The van der Waals surface area contributed by atoms with Gasteiger partial charge in [0.1, 0.15) is 5.82 Å². The number of piperidine rings is 1. The summed E-state index contributed by atoms with van der Waals surface area (Å²) in [5.41, 5.74) is 5.51. The molecule has 1 saturated heterocycles. The Morgan fingerprint density at radius 1 is 1.57 bits per heavy atom. The van der Waals surface area contributed by atoms with Crippen molar-refractivity contribution in [3.05, 3.63) is 12.2 Å². The van der Waals surface area contributed by atoms with E-state index in [1.807, 2.05) is 4.90 Å². The van der Waals surface area contributed by atoms with Crippen LogP contribution in [0, 0.1) is 5.92 Å². The highest BCUT2D eigenvalue weighted by Gasteiger charge is 2.16. The molecule has 2 heterocycles. The number of nitrogens with two attached hydrogens (primary N) is 1. The zero-order chi connectivity index (χ0) is 11.7. The first kappa shape index (κ1) is 7.04. The summed E-state index contributed by atoms with van der Waals surface area (Å²) in [6, 6.07) is 0.0729. The lowest BCUT2D eigenvalue weighted by molar-refractivity contribution is 0.436. The Labute approximate surface area is 87.0 Å². The van der Waals surface area contributed by atoms with Crippen molar-refractivity contribution >= 4 is 11.8 Å². The average molecular weight is 194 g/mol. The smallest absolute Gasteiger partial charge is 0.221 e. The van der Waals surface area contributed by atoms with E-state index in [9.17, 15) is 0 Å². The second kappa shape index (κ2) is 3.82. The van der Waals surface area contributed by atoms with Gasteiger partial charge in [-0.2, -0.15) is 4.98 Å². The van der Waals surface area contributed by atoms with Crippen molar-refractivity contribution in [3.8, 4) is 0 Å². The van der Waals surface area contributed by atoms with Crippen LogP contribution in [0.15, 0.2) is 12.2 Å². The molecule has 2 N–H and O–H groups in total. The molecule has 4 nitrogen and oxygen atoms in total. The summed E-state index contributed by atoms with van der Waals surface area (Å²) < 4.78 is 15.3. The molecular formula is C10H16N4. The molecule has 0 saturated carbocycles. The third kappa shape index (κ3) is 1.95. The van der Waals surface area contributed by atoms with Crippen molar-refractivity contribution < 1.29 is 2.74 Å². The fourth-order valence-corrected chi connectivity index (χ4v) is 1.67. The van der Waals surface area contributed by atoms with Crippen molar-refractivity contribution in [2.75, 3.05) is 23.7 Å². The maximum absolute atomic E-state index is 7.77. The van der Waals surface area contributed by atoms with E-state index in [1.54, 1.807) is 0 Å². The maximum atomic E-state index is 7.77. The third-order valence-corrected chi connectivity index (χ3v) is 2.64. The van der Waals surface area contributed by atoms with E-state index >= 15 is 0 Å². The largest absolute Gasteiger partial charge is 0.368 e. The number of nitrogen functional groups attached to an aromatic ring is 1. The van der Waals surface area contributed by atoms with Gasteiger partial charge < -0.3 is 10.6 Å². The van der Waals surface area contributed by atoms with Crippen molar-refractivity contribution in [3.63, 3.8) is 0 Å². The van der Waals surface area contributed by atoms with Gasteiger partial charge >= 0.3 is 0 Å². The Bertz CT molecular complexity index is 389. The molecule has 0 aliphatic carbocycles. The summed E-state index contributed by atoms with van der Waals surface area (Å²) >= 11 is 0. The van der Waals surface area contributed by atoms with E-state index in [0.717, 1.165) is 31.8 Å². The SMILES string of the molecule is [2H]c1nc(N)nc(N2CCC(C)CC2)c1[2H]. The Morgan fingerprint density at radius 3 is 3.00 bits per heavy atom. The Hall–Kier alpha value is -1.32. The van der Waals surface area contributed by atoms with Gasteiger partial charge in [0.05, 0.1) is 2.74 Å². The molecule has 0 radical (unpaired) electrons. The second-order valence-corrected chi connectivity index (χ2v) is 3.81. The minimum Gasteiger partial charge on any atom is -0.368 e. The Morgan fingerprint density at radius 2 is 2.29 bits per heavy atom. The number of rotatable bonds is 1. The molecule has 1 fully saturated rings. The highest BCUT2D eigenvalue weighted by molar-refractivity contribution is 5.41. The molecule has 76 valence electrons. The lowest BCUT2D eigenvalue weighted by atomic mass is 9.99. The van der Waals surface area contributed by atoms with Gasteiger partial charge in [0.25, 0.3) is 0 Å². The first-order chi connectivity index (χ1) is 7.58. The molecule has 0 unspecified atom stereocenters. The Kier molecular flexibility index (Phi) is 1.92. The molecule has 1 aromatic rings. The number of hydrogen-bond acceptors (Lipinski definition) is 4. The molecule has 0 bridgehead atoms. The van der Waals surface area contributed by atoms with Crippen LogP contribution in [0.2, 0.25) is 0 Å². The van der Waals surface area contributed by atoms with Crippen LogP contribution >= 0.6 is 0 Å². The minimum atomic E-state index is -0.0962. The van der Waals surface area contributed by atoms with Crippen LogP contribution < -0.4 is 10.6 Å². The number of aromatic nitrogens is 2. The van der Waals surface area contributed by atoms with Gasteiger partial charge in [-0.25, -0.2) is 4.98 Å². The monoisotopic (exact) mass is 194 g/mol. The topological polar surface area (TPSA) is 55.0 Å². The van der Waals surface area contributed by atoms with Crippen LogP contribution in [-0.4, -0.2) is 23.1 Å². The van der Waals surface area contributed by atoms with Crippen LogP contribution in [-0.2, 0) is 0 Å². The molecule has 0 atom stereocenters. The maximum Gasteiger partial charge on any atom is 0.221 e. The van der Waals surface area contributed by atoms with Gasteiger partial charge in [0.15, 0.2) is 0 Å². The highest BCUT2D eigenvalue weighted by atomic mass is 15.2.